The van der Waals surface area contributed by atoms with Crippen molar-refractivity contribution in [1.29, 1.82) is 0 Å². The quantitative estimate of drug-likeness (QED) is 0.745. The SMILES string of the molecule is O=C1/C(=C/c2ccc3c(c2)OCCO3)CS(=O)(=O)c2ccccc21. The van der Waals surface area contributed by atoms with E-state index in [1.807, 2.05) is 0 Å². The van der Waals surface area contributed by atoms with E-state index in [-0.39, 0.29) is 27.6 Å². The molecule has 24 heavy (non-hydrogen) atoms. The molecule has 2 aliphatic heterocycles. The summed E-state index contributed by atoms with van der Waals surface area (Å²) in [5, 5.41) is 0. The van der Waals surface area contributed by atoms with Gasteiger partial charge in [0, 0.05) is 11.1 Å². The van der Waals surface area contributed by atoms with Crippen LogP contribution in [0.15, 0.2) is 52.9 Å². The van der Waals surface area contributed by atoms with Crippen LogP contribution in [0.4, 0.5) is 0 Å². The van der Waals surface area contributed by atoms with Crippen molar-refractivity contribution in [2.24, 2.45) is 0 Å². The van der Waals surface area contributed by atoms with Crippen molar-refractivity contribution in [3.63, 3.8) is 0 Å². The number of Topliss-reactive ketones (excluding diaryl/α,β-unsaturated/α-hetero) is 1. The lowest BCUT2D eigenvalue weighted by molar-refractivity contribution is 0.103. The van der Waals surface area contributed by atoms with E-state index in [4.69, 9.17) is 9.47 Å². The molecule has 0 aromatic heterocycles. The Morgan fingerprint density at radius 3 is 2.54 bits per heavy atom. The van der Waals surface area contributed by atoms with Gasteiger partial charge < -0.3 is 9.47 Å². The molecule has 122 valence electrons. The number of rotatable bonds is 1. The maximum Gasteiger partial charge on any atom is 0.191 e. The van der Waals surface area contributed by atoms with E-state index in [9.17, 15) is 13.2 Å². The zero-order valence-corrected chi connectivity index (χ0v) is 13.5. The Hall–Kier alpha value is -2.60. The van der Waals surface area contributed by atoms with Crippen molar-refractivity contribution in [3.8, 4) is 11.5 Å². The first kappa shape index (κ1) is 15.0. The summed E-state index contributed by atoms with van der Waals surface area (Å²) in [6, 6.07) is 11.6. The minimum Gasteiger partial charge on any atom is -0.486 e. The van der Waals surface area contributed by atoms with Crippen molar-refractivity contribution >= 4 is 21.7 Å². The van der Waals surface area contributed by atoms with Gasteiger partial charge in [0.15, 0.2) is 27.1 Å². The molecule has 0 saturated carbocycles. The van der Waals surface area contributed by atoms with Crippen LogP contribution in [0.3, 0.4) is 0 Å². The fraction of sp³-hybridized carbons (Fsp3) is 0.167. The molecule has 2 aromatic carbocycles. The van der Waals surface area contributed by atoms with Crippen molar-refractivity contribution < 1.29 is 22.7 Å². The smallest absolute Gasteiger partial charge is 0.191 e. The summed E-state index contributed by atoms with van der Waals surface area (Å²) >= 11 is 0. The lowest BCUT2D eigenvalue weighted by Crippen LogP contribution is -2.24. The Morgan fingerprint density at radius 1 is 0.958 bits per heavy atom. The van der Waals surface area contributed by atoms with Gasteiger partial charge in [-0.25, -0.2) is 8.42 Å². The topological polar surface area (TPSA) is 69.7 Å². The minimum absolute atomic E-state index is 0.106. The molecule has 2 aliphatic rings. The Balaban J connectivity index is 1.77. The number of hydrogen-bond donors (Lipinski definition) is 0. The highest BCUT2D eigenvalue weighted by molar-refractivity contribution is 7.91. The molecule has 0 saturated heterocycles. The van der Waals surface area contributed by atoms with Gasteiger partial charge in [-0.3, -0.25) is 4.79 Å². The second-order valence-electron chi connectivity index (χ2n) is 5.66. The van der Waals surface area contributed by atoms with E-state index in [1.54, 1.807) is 42.5 Å². The molecule has 0 unspecified atom stereocenters. The van der Waals surface area contributed by atoms with Crippen LogP contribution < -0.4 is 9.47 Å². The normalized spacial score (nSPS) is 19.8. The lowest BCUT2D eigenvalue weighted by Gasteiger charge is -2.19. The second-order valence-corrected chi connectivity index (χ2v) is 7.62. The minimum atomic E-state index is -3.51. The lowest BCUT2D eigenvalue weighted by atomic mass is 10.0. The van der Waals surface area contributed by atoms with Gasteiger partial charge in [0.05, 0.1) is 10.6 Å². The Labute approximate surface area is 139 Å². The maximum absolute atomic E-state index is 12.6. The first-order chi connectivity index (χ1) is 11.5. The van der Waals surface area contributed by atoms with Gasteiger partial charge in [0.2, 0.25) is 0 Å². The zero-order valence-electron chi connectivity index (χ0n) is 12.7. The van der Waals surface area contributed by atoms with Crippen LogP contribution in [0.5, 0.6) is 11.5 Å². The standard InChI is InChI=1S/C18H14O5S/c19-18-13(11-24(20,21)17-4-2-1-3-14(17)18)9-12-5-6-15-16(10-12)23-8-7-22-15/h1-6,9-10H,7-8,11H2/b13-9+. The molecule has 6 heteroatoms. The van der Waals surface area contributed by atoms with E-state index in [0.717, 1.165) is 0 Å². The molecule has 0 atom stereocenters. The number of ether oxygens (including phenoxy) is 2. The van der Waals surface area contributed by atoms with E-state index in [2.05, 4.69) is 0 Å². The molecule has 0 radical (unpaired) electrons. The van der Waals surface area contributed by atoms with Crippen LogP contribution in [0.1, 0.15) is 15.9 Å². The third kappa shape index (κ3) is 2.49. The summed E-state index contributed by atoms with van der Waals surface area (Å²) in [7, 11) is -3.51. The van der Waals surface area contributed by atoms with Gasteiger partial charge in [-0.05, 0) is 35.9 Å². The summed E-state index contributed by atoms with van der Waals surface area (Å²) in [4.78, 5) is 12.7. The Kier molecular flexibility index (Phi) is 3.42. The molecular weight excluding hydrogens is 328 g/mol. The fourth-order valence-electron chi connectivity index (χ4n) is 2.90. The average molecular weight is 342 g/mol. The number of carbonyl (C=O) groups is 1. The van der Waals surface area contributed by atoms with Crippen LogP contribution in [-0.4, -0.2) is 33.2 Å². The van der Waals surface area contributed by atoms with Gasteiger partial charge in [-0.2, -0.15) is 0 Å². The number of sulfone groups is 1. The number of fused-ring (bicyclic) bond motifs is 2. The highest BCUT2D eigenvalue weighted by Crippen LogP contribution is 2.33. The molecular formula is C18H14O5S. The molecule has 4 rings (SSSR count). The summed E-state index contributed by atoms with van der Waals surface area (Å²) in [5.74, 6) is 0.700. The molecule has 2 heterocycles. The summed E-state index contributed by atoms with van der Waals surface area (Å²) < 4.78 is 35.8. The summed E-state index contributed by atoms with van der Waals surface area (Å²) in [5.41, 5.74) is 1.19. The number of ketones is 1. The zero-order chi connectivity index (χ0) is 16.7. The van der Waals surface area contributed by atoms with Crippen molar-refractivity contribution in [3.05, 3.63) is 59.2 Å². The molecule has 0 bridgehead atoms. The first-order valence-electron chi connectivity index (χ1n) is 7.51. The number of carbonyl (C=O) groups excluding carboxylic acids is 1. The predicted octanol–water partition coefficient (Wildman–Crippen LogP) is 2.51. The van der Waals surface area contributed by atoms with Gasteiger partial charge in [-0.1, -0.05) is 18.2 Å². The van der Waals surface area contributed by atoms with E-state index >= 15 is 0 Å². The van der Waals surface area contributed by atoms with E-state index in [0.29, 0.717) is 30.3 Å². The third-order valence-electron chi connectivity index (χ3n) is 4.01. The molecule has 5 nitrogen and oxygen atoms in total. The fourth-order valence-corrected chi connectivity index (χ4v) is 4.47. The average Bonchev–Trinajstić information content (AvgIpc) is 2.59. The first-order valence-corrected chi connectivity index (χ1v) is 9.16. The van der Waals surface area contributed by atoms with Crippen molar-refractivity contribution in [2.75, 3.05) is 19.0 Å². The monoisotopic (exact) mass is 342 g/mol. The van der Waals surface area contributed by atoms with E-state index < -0.39 is 9.84 Å². The predicted molar refractivity (Wildman–Crippen MR) is 88.2 cm³/mol. The Bertz CT molecular complexity index is 973. The van der Waals surface area contributed by atoms with E-state index in [1.165, 1.54) is 6.07 Å². The van der Waals surface area contributed by atoms with Gasteiger partial charge in [-0.15, -0.1) is 0 Å². The number of benzene rings is 2. The van der Waals surface area contributed by atoms with Crippen LogP contribution in [0.2, 0.25) is 0 Å². The second kappa shape index (κ2) is 5.49. The third-order valence-corrected chi connectivity index (χ3v) is 5.73. The van der Waals surface area contributed by atoms with Crippen molar-refractivity contribution in [2.45, 2.75) is 4.90 Å². The molecule has 0 fully saturated rings. The van der Waals surface area contributed by atoms with Crippen LogP contribution in [0, 0.1) is 0 Å². The molecule has 2 aromatic rings. The molecule has 0 aliphatic carbocycles. The van der Waals surface area contributed by atoms with Crippen LogP contribution in [-0.2, 0) is 9.84 Å². The highest BCUT2D eigenvalue weighted by Gasteiger charge is 2.32. The molecule has 0 N–H and O–H groups in total. The van der Waals surface area contributed by atoms with Gasteiger partial charge in [0.1, 0.15) is 13.2 Å². The Morgan fingerprint density at radius 2 is 1.71 bits per heavy atom. The van der Waals surface area contributed by atoms with Crippen molar-refractivity contribution in [1.82, 2.24) is 0 Å². The molecule has 0 spiro atoms. The number of hydrogen-bond acceptors (Lipinski definition) is 5. The van der Waals surface area contributed by atoms with Crippen LogP contribution in [0.25, 0.3) is 6.08 Å². The summed E-state index contributed by atoms with van der Waals surface area (Å²) in [6.07, 6.45) is 1.61. The van der Waals surface area contributed by atoms with Gasteiger partial charge in [0.25, 0.3) is 0 Å². The maximum atomic E-state index is 12.6. The molecule has 0 amide bonds. The van der Waals surface area contributed by atoms with Gasteiger partial charge >= 0.3 is 0 Å². The largest absolute Gasteiger partial charge is 0.486 e. The summed E-state index contributed by atoms with van der Waals surface area (Å²) in [6.45, 7) is 0.967. The van der Waals surface area contributed by atoms with Crippen LogP contribution >= 0.6 is 0 Å². The highest BCUT2D eigenvalue weighted by atomic mass is 32.2.